The molecule has 3 aliphatic rings. The fourth-order valence-electron chi connectivity index (χ4n) is 3.29. The van der Waals surface area contributed by atoms with Gasteiger partial charge >= 0.3 is 0 Å². The summed E-state index contributed by atoms with van der Waals surface area (Å²) in [5.74, 6) is -0.273. The molecule has 3 rings (SSSR count). The van der Waals surface area contributed by atoms with E-state index in [2.05, 4.69) is 0 Å². The number of hydrogen-bond acceptors (Lipinski definition) is 2. The van der Waals surface area contributed by atoms with E-state index in [1.807, 2.05) is 57.2 Å². The normalized spacial score (nSPS) is 32.5. The van der Waals surface area contributed by atoms with Crippen molar-refractivity contribution in [3.8, 4) is 0 Å². The fourth-order valence-corrected chi connectivity index (χ4v) is 3.29. The molecule has 102 valence electrons. The minimum Gasteiger partial charge on any atom is -0.293 e. The lowest BCUT2D eigenvalue weighted by Crippen LogP contribution is -2.39. The first-order chi connectivity index (χ1) is 9.50. The van der Waals surface area contributed by atoms with Crippen LogP contribution < -0.4 is 0 Å². The fraction of sp³-hybridized carbons (Fsp3) is 0.333. The number of fused-ring (bicyclic) bond motifs is 2. The Kier molecular flexibility index (Phi) is 2.97. The predicted octanol–water partition coefficient (Wildman–Crippen LogP) is 3.34. The van der Waals surface area contributed by atoms with Gasteiger partial charge in [-0.1, -0.05) is 49.0 Å². The third-order valence-electron chi connectivity index (χ3n) is 4.37. The van der Waals surface area contributed by atoms with Crippen LogP contribution in [0.3, 0.4) is 0 Å². The van der Waals surface area contributed by atoms with Crippen LogP contribution in [0.25, 0.3) is 0 Å². The van der Waals surface area contributed by atoms with Crippen molar-refractivity contribution >= 4 is 11.6 Å². The molecule has 0 amide bonds. The highest BCUT2D eigenvalue weighted by molar-refractivity contribution is 6.21. The van der Waals surface area contributed by atoms with Crippen LogP contribution in [0.5, 0.6) is 0 Å². The van der Waals surface area contributed by atoms with Crippen LogP contribution in [-0.2, 0) is 9.59 Å². The first kappa shape index (κ1) is 13.0. The van der Waals surface area contributed by atoms with E-state index >= 15 is 0 Å². The molecule has 0 aromatic heterocycles. The molecule has 2 heteroatoms. The van der Waals surface area contributed by atoms with Crippen LogP contribution in [0.15, 0.2) is 58.7 Å². The van der Waals surface area contributed by atoms with Crippen molar-refractivity contribution in [1.29, 1.82) is 0 Å². The van der Waals surface area contributed by atoms with E-state index in [1.54, 1.807) is 0 Å². The van der Waals surface area contributed by atoms with Gasteiger partial charge in [0.05, 0.1) is 11.8 Å². The first-order valence-corrected chi connectivity index (χ1v) is 7.05. The minimum atomic E-state index is -0.319. The second kappa shape index (κ2) is 4.55. The van der Waals surface area contributed by atoms with E-state index in [-0.39, 0.29) is 29.3 Å². The maximum atomic E-state index is 12.9. The Labute approximate surface area is 119 Å². The molecule has 3 unspecified atom stereocenters. The van der Waals surface area contributed by atoms with Crippen LogP contribution in [0.1, 0.15) is 20.8 Å². The Morgan fingerprint density at radius 3 is 2.55 bits per heavy atom. The molecular formula is C18H18O2. The van der Waals surface area contributed by atoms with Gasteiger partial charge in [-0.15, -0.1) is 0 Å². The SMILES string of the molecule is CC1=CC=CC2C(=O)C3=CC(C)C=CC(C)=C3C(=O)C12. The third kappa shape index (κ3) is 1.79. The Hall–Kier alpha value is -1.96. The Bertz CT molecular complexity index is 653. The summed E-state index contributed by atoms with van der Waals surface area (Å²) in [4.78, 5) is 25.6. The smallest absolute Gasteiger partial charge is 0.172 e. The Morgan fingerprint density at radius 1 is 1.05 bits per heavy atom. The zero-order valence-corrected chi connectivity index (χ0v) is 12.0. The van der Waals surface area contributed by atoms with Crippen molar-refractivity contribution in [3.63, 3.8) is 0 Å². The van der Waals surface area contributed by atoms with E-state index in [9.17, 15) is 9.59 Å². The average Bonchev–Trinajstić information content (AvgIpc) is 2.56. The van der Waals surface area contributed by atoms with Gasteiger partial charge in [0.25, 0.3) is 0 Å². The molecule has 0 N–H and O–H groups in total. The van der Waals surface area contributed by atoms with E-state index in [0.717, 1.165) is 11.1 Å². The maximum Gasteiger partial charge on any atom is 0.172 e. The second-order valence-electron chi connectivity index (χ2n) is 5.88. The highest BCUT2D eigenvalue weighted by Crippen LogP contribution is 2.41. The van der Waals surface area contributed by atoms with Crippen molar-refractivity contribution in [1.82, 2.24) is 0 Å². The lowest BCUT2D eigenvalue weighted by molar-refractivity contribution is -0.128. The lowest BCUT2D eigenvalue weighted by Gasteiger charge is -2.33. The molecule has 0 radical (unpaired) electrons. The number of hydrogen-bond donors (Lipinski definition) is 0. The summed E-state index contributed by atoms with van der Waals surface area (Å²) >= 11 is 0. The van der Waals surface area contributed by atoms with Crippen molar-refractivity contribution in [3.05, 3.63) is 58.7 Å². The molecular weight excluding hydrogens is 248 g/mol. The van der Waals surface area contributed by atoms with Crippen molar-refractivity contribution < 1.29 is 9.59 Å². The van der Waals surface area contributed by atoms with E-state index in [0.29, 0.717) is 11.1 Å². The van der Waals surface area contributed by atoms with Crippen LogP contribution in [-0.4, -0.2) is 11.6 Å². The molecule has 3 atom stereocenters. The summed E-state index contributed by atoms with van der Waals surface area (Å²) in [6, 6.07) is 0. The van der Waals surface area contributed by atoms with E-state index < -0.39 is 0 Å². The summed E-state index contributed by atoms with van der Waals surface area (Å²) in [6.07, 6.45) is 11.6. The van der Waals surface area contributed by atoms with Crippen molar-refractivity contribution in [2.75, 3.05) is 0 Å². The third-order valence-corrected chi connectivity index (χ3v) is 4.37. The number of carbonyl (C=O) groups excluding carboxylic acids is 2. The molecule has 0 spiro atoms. The topological polar surface area (TPSA) is 34.1 Å². The van der Waals surface area contributed by atoms with Crippen molar-refractivity contribution in [2.24, 2.45) is 17.8 Å². The Morgan fingerprint density at radius 2 is 1.80 bits per heavy atom. The number of rotatable bonds is 0. The Balaban J connectivity index is 2.20. The monoisotopic (exact) mass is 266 g/mol. The molecule has 0 aromatic rings. The van der Waals surface area contributed by atoms with Crippen LogP contribution in [0.4, 0.5) is 0 Å². The average molecular weight is 266 g/mol. The quantitative estimate of drug-likeness (QED) is 0.674. The van der Waals surface area contributed by atoms with Gasteiger partial charge in [0.15, 0.2) is 11.6 Å². The van der Waals surface area contributed by atoms with Gasteiger partial charge in [0, 0.05) is 11.1 Å². The summed E-state index contributed by atoms with van der Waals surface area (Å²) in [5.41, 5.74) is 3.13. The summed E-state index contributed by atoms with van der Waals surface area (Å²) in [6.45, 7) is 5.89. The molecule has 0 aromatic carbocycles. The number of allylic oxidation sites excluding steroid dienone is 10. The van der Waals surface area contributed by atoms with Crippen LogP contribution in [0.2, 0.25) is 0 Å². The van der Waals surface area contributed by atoms with Gasteiger partial charge < -0.3 is 0 Å². The van der Waals surface area contributed by atoms with Gasteiger partial charge in [-0.2, -0.15) is 0 Å². The van der Waals surface area contributed by atoms with Gasteiger partial charge in [-0.05, 0) is 25.3 Å². The summed E-state index contributed by atoms with van der Waals surface area (Å²) < 4.78 is 0. The predicted molar refractivity (Wildman–Crippen MR) is 79.0 cm³/mol. The van der Waals surface area contributed by atoms with Gasteiger partial charge in [-0.3, -0.25) is 9.59 Å². The van der Waals surface area contributed by atoms with Gasteiger partial charge in [0.1, 0.15) is 0 Å². The molecule has 3 aliphatic carbocycles. The van der Waals surface area contributed by atoms with Crippen molar-refractivity contribution in [2.45, 2.75) is 20.8 Å². The standard InChI is InChI=1S/C18H18O2/c1-10-7-8-12(3)16-14(9-10)17(19)13-6-4-5-11(2)15(13)18(16)20/h4-10,13,15H,1-3H3. The largest absolute Gasteiger partial charge is 0.293 e. The van der Waals surface area contributed by atoms with Crippen LogP contribution in [0, 0.1) is 17.8 Å². The second-order valence-corrected chi connectivity index (χ2v) is 5.88. The summed E-state index contributed by atoms with van der Waals surface area (Å²) in [7, 11) is 0. The molecule has 0 aliphatic heterocycles. The molecule has 2 nitrogen and oxygen atoms in total. The molecule has 0 bridgehead atoms. The zero-order valence-electron chi connectivity index (χ0n) is 12.0. The summed E-state index contributed by atoms with van der Waals surface area (Å²) in [5, 5.41) is 0. The first-order valence-electron chi connectivity index (χ1n) is 7.05. The molecule has 1 fully saturated rings. The van der Waals surface area contributed by atoms with E-state index in [4.69, 9.17) is 0 Å². The molecule has 1 saturated carbocycles. The lowest BCUT2D eigenvalue weighted by atomic mass is 9.67. The van der Waals surface area contributed by atoms with Gasteiger partial charge in [-0.25, -0.2) is 0 Å². The van der Waals surface area contributed by atoms with Gasteiger partial charge in [0.2, 0.25) is 0 Å². The number of Topliss-reactive ketones (excluding diaryl/α,β-unsaturated/α-hetero) is 2. The molecule has 0 heterocycles. The number of carbonyl (C=O) groups is 2. The van der Waals surface area contributed by atoms with E-state index in [1.165, 1.54) is 0 Å². The maximum absolute atomic E-state index is 12.9. The highest BCUT2D eigenvalue weighted by atomic mass is 16.1. The highest BCUT2D eigenvalue weighted by Gasteiger charge is 2.44. The molecule has 0 saturated heterocycles. The van der Waals surface area contributed by atoms with Crippen LogP contribution >= 0.6 is 0 Å². The minimum absolute atomic E-state index is 0.0863. The molecule has 20 heavy (non-hydrogen) atoms. The zero-order chi connectivity index (χ0) is 14.4. The number of ketones is 2.